The van der Waals surface area contributed by atoms with E-state index in [0.29, 0.717) is 25.0 Å². The summed E-state index contributed by atoms with van der Waals surface area (Å²) in [4.78, 5) is 40.1. The number of hydrogen-bond donors (Lipinski definition) is 5. The lowest BCUT2D eigenvalue weighted by molar-refractivity contribution is 0.180. The average molecular weight is 343 g/mol. The second kappa shape index (κ2) is 5.41. The lowest BCUT2D eigenvalue weighted by atomic mass is 10.0. The van der Waals surface area contributed by atoms with Gasteiger partial charge in [-0.2, -0.15) is 4.98 Å². The zero-order chi connectivity index (χ0) is 16.8. The molecule has 0 radical (unpaired) electrons. The Hall–Kier alpha value is -1.74. The molecule has 126 valence electrons. The molecule has 10 nitrogen and oxygen atoms in total. The van der Waals surface area contributed by atoms with E-state index in [1.807, 2.05) is 0 Å². The molecule has 6 N–H and O–H groups in total. The van der Waals surface area contributed by atoms with Crippen LogP contribution in [0.15, 0.2) is 11.1 Å². The number of imidazole rings is 1. The first-order valence-electron chi connectivity index (χ1n) is 7.10. The molecule has 23 heavy (non-hydrogen) atoms. The highest BCUT2D eigenvalue weighted by Crippen LogP contribution is 2.57. The summed E-state index contributed by atoms with van der Waals surface area (Å²) in [6.07, 6.45) is 2.26. The van der Waals surface area contributed by atoms with Gasteiger partial charge in [-0.15, -0.1) is 0 Å². The van der Waals surface area contributed by atoms with Crippen LogP contribution < -0.4 is 11.3 Å². The Kier molecular flexibility index (Phi) is 3.80. The third kappa shape index (κ3) is 3.16. The van der Waals surface area contributed by atoms with Gasteiger partial charge in [-0.3, -0.25) is 14.3 Å². The third-order valence-electron chi connectivity index (χ3n) is 4.42. The van der Waals surface area contributed by atoms with Gasteiger partial charge in [0.25, 0.3) is 5.56 Å². The van der Waals surface area contributed by atoms with Crippen LogP contribution in [0.25, 0.3) is 11.2 Å². The normalized spacial score (nSPS) is 24.2. The van der Waals surface area contributed by atoms with Gasteiger partial charge < -0.3 is 25.2 Å². The highest BCUT2D eigenvalue weighted by Gasteiger charge is 2.53. The summed E-state index contributed by atoms with van der Waals surface area (Å²) in [5.74, 6) is -0.00642. The smallest absolute Gasteiger partial charge is 0.325 e. The van der Waals surface area contributed by atoms with E-state index in [1.54, 1.807) is 4.57 Å². The maximum Gasteiger partial charge on any atom is 0.325 e. The topological polar surface area (TPSA) is 167 Å². The number of nitrogens with two attached hydrogens (primary N) is 1. The predicted octanol–water partition coefficient (Wildman–Crippen LogP) is -0.732. The fourth-order valence-corrected chi connectivity index (χ4v) is 3.68. The number of aliphatic hydroxyl groups excluding tert-OH is 1. The van der Waals surface area contributed by atoms with Crippen molar-refractivity contribution in [3.05, 3.63) is 16.7 Å². The minimum Gasteiger partial charge on any atom is -0.396 e. The predicted molar refractivity (Wildman–Crippen MR) is 81.7 cm³/mol. The fourth-order valence-electron chi connectivity index (χ4n) is 3.03. The monoisotopic (exact) mass is 343 g/mol. The van der Waals surface area contributed by atoms with Crippen LogP contribution in [0.4, 0.5) is 5.95 Å². The zero-order valence-electron chi connectivity index (χ0n) is 12.2. The SMILES string of the molecule is Nc1nc2c(ncn2C[C@@]2(CO)C[C@H]2CCP(=O)(O)O)c(=O)[nH]1. The molecule has 0 amide bonds. The number of aromatic amines is 1. The number of rotatable bonds is 6. The number of aromatic nitrogens is 4. The zero-order valence-corrected chi connectivity index (χ0v) is 13.1. The number of nitrogens with one attached hydrogen (secondary N) is 1. The molecule has 0 aromatic carbocycles. The van der Waals surface area contributed by atoms with Crippen LogP contribution in [-0.2, 0) is 11.1 Å². The lowest BCUT2D eigenvalue weighted by Crippen LogP contribution is -2.19. The number of aliphatic hydroxyl groups is 1. The van der Waals surface area contributed by atoms with Gasteiger partial charge >= 0.3 is 7.60 Å². The van der Waals surface area contributed by atoms with E-state index in [9.17, 15) is 14.5 Å². The Morgan fingerprint density at radius 2 is 2.26 bits per heavy atom. The minimum absolute atomic E-state index is 0.0110. The Balaban J connectivity index is 1.81. The van der Waals surface area contributed by atoms with E-state index in [0.717, 1.165) is 0 Å². The van der Waals surface area contributed by atoms with E-state index in [2.05, 4.69) is 15.0 Å². The van der Waals surface area contributed by atoms with E-state index in [1.165, 1.54) is 6.33 Å². The molecule has 0 spiro atoms. The molecule has 1 aliphatic carbocycles. The second-order valence-corrected chi connectivity index (χ2v) is 7.87. The van der Waals surface area contributed by atoms with Gasteiger partial charge in [0.05, 0.1) is 19.1 Å². The Labute approximate surface area is 130 Å². The fraction of sp³-hybridized carbons (Fsp3) is 0.583. The summed E-state index contributed by atoms with van der Waals surface area (Å²) in [5, 5.41) is 9.70. The van der Waals surface area contributed by atoms with E-state index < -0.39 is 18.6 Å². The van der Waals surface area contributed by atoms with Crippen LogP contribution in [0.3, 0.4) is 0 Å². The summed E-state index contributed by atoms with van der Waals surface area (Å²) in [5.41, 5.74) is 5.14. The van der Waals surface area contributed by atoms with Gasteiger partial charge in [0.1, 0.15) is 0 Å². The summed E-state index contributed by atoms with van der Waals surface area (Å²) in [6.45, 7) is 0.249. The van der Waals surface area contributed by atoms with E-state index in [4.69, 9.17) is 15.5 Å². The first-order chi connectivity index (χ1) is 10.7. The van der Waals surface area contributed by atoms with Crippen LogP contribution in [0.5, 0.6) is 0 Å². The molecule has 2 aromatic heterocycles. The summed E-state index contributed by atoms with van der Waals surface area (Å²) in [7, 11) is -4.04. The number of H-pyrrole nitrogens is 1. The molecule has 3 rings (SSSR count). The number of anilines is 1. The summed E-state index contributed by atoms with van der Waals surface area (Å²) in [6, 6.07) is 0. The van der Waals surface area contributed by atoms with Crippen LogP contribution in [0, 0.1) is 11.3 Å². The van der Waals surface area contributed by atoms with Crippen molar-refractivity contribution in [3.63, 3.8) is 0 Å². The Morgan fingerprint density at radius 1 is 1.52 bits per heavy atom. The molecule has 1 fully saturated rings. The van der Waals surface area contributed by atoms with Crippen LogP contribution in [-0.4, -0.2) is 47.2 Å². The molecule has 2 aromatic rings. The quantitative estimate of drug-likeness (QED) is 0.428. The standard InChI is InChI=1S/C12H18N5O5P/c13-11-15-9-8(10(19)16-11)14-6-17(9)4-12(5-18)3-7(12)1-2-23(20,21)22/h6-7,18H,1-5H2,(H2,20,21,22)(H3,13,15,16,19)/t7-,12-/m1/s1. The molecule has 0 unspecified atom stereocenters. The van der Waals surface area contributed by atoms with E-state index >= 15 is 0 Å². The molecule has 11 heteroatoms. The molecule has 1 aliphatic rings. The highest BCUT2D eigenvalue weighted by molar-refractivity contribution is 7.51. The van der Waals surface area contributed by atoms with Gasteiger partial charge in [-0.05, 0) is 18.8 Å². The maximum absolute atomic E-state index is 11.8. The number of hydrogen-bond acceptors (Lipinski definition) is 6. The molecular formula is C12H18N5O5P. The minimum atomic E-state index is -4.04. The van der Waals surface area contributed by atoms with Gasteiger partial charge in [-0.25, -0.2) is 4.98 Å². The van der Waals surface area contributed by atoms with Crippen molar-refractivity contribution < 1.29 is 19.5 Å². The molecule has 2 heterocycles. The molecular weight excluding hydrogens is 325 g/mol. The third-order valence-corrected chi connectivity index (χ3v) is 5.26. The van der Waals surface area contributed by atoms with Crippen LogP contribution in [0.1, 0.15) is 12.8 Å². The van der Waals surface area contributed by atoms with Crippen molar-refractivity contribution in [3.8, 4) is 0 Å². The Bertz CT molecular complexity index is 842. The highest BCUT2D eigenvalue weighted by atomic mass is 31.2. The molecule has 1 saturated carbocycles. The maximum atomic E-state index is 11.8. The van der Waals surface area contributed by atoms with E-state index in [-0.39, 0.29) is 30.2 Å². The number of nitrogen functional groups attached to an aromatic ring is 1. The second-order valence-electron chi connectivity index (χ2n) is 6.09. The molecule has 2 atom stereocenters. The van der Waals surface area contributed by atoms with Gasteiger partial charge in [-0.1, -0.05) is 0 Å². The first-order valence-corrected chi connectivity index (χ1v) is 8.90. The molecule has 0 saturated heterocycles. The van der Waals surface area contributed by atoms with Crippen molar-refractivity contribution in [1.29, 1.82) is 0 Å². The van der Waals surface area contributed by atoms with Gasteiger partial charge in [0.15, 0.2) is 11.2 Å². The average Bonchev–Trinajstić information content (AvgIpc) is 3.00. The first kappa shape index (κ1) is 16.1. The molecule has 0 aliphatic heterocycles. The lowest BCUT2D eigenvalue weighted by Gasteiger charge is -2.16. The van der Waals surface area contributed by atoms with Crippen LogP contribution in [0.2, 0.25) is 0 Å². The van der Waals surface area contributed by atoms with Crippen molar-refractivity contribution in [2.45, 2.75) is 19.4 Å². The summed E-state index contributed by atoms with van der Waals surface area (Å²) < 4.78 is 12.6. The van der Waals surface area contributed by atoms with Gasteiger partial charge in [0.2, 0.25) is 5.95 Å². The molecule has 0 bridgehead atoms. The van der Waals surface area contributed by atoms with Crippen molar-refractivity contribution >= 4 is 24.7 Å². The number of fused-ring (bicyclic) bond motifs is 1. The number of nitrogens with zero attached hydrogens (tertiary/aromatic N) is 3. The van der Waals surface area contributed by atoms with Crippen molar-refractivity contribution in [2.24, 2.45) is 11.3 Å². The van der Waals surface area contributed by atoms with Gasteiger partial charge in [0, 0.05) is 12.0 Å². The Morgan fingerprint density at radius 3 is 2.91 bits per heavy atom. The largest absolute Gasteiger partial charge is 0.396 e. The van der Waals surface area contributed by atoms with Crippen molar-refractivity contribution in [2.75, 3.05) is 18.5 Å². The van der Waals surface area contributed by atoms with Crippen LogP contribution >= 0.6 is 7.60 Å². The van der Waals surface area contributed by atoms with Crippen molar-refractivity contribution in [1.82, 2.24) is 19.5 Å². The summed E-state index contributed by atoms with van der Waals surface area (Å²) >= 11 is 0.